The molecule has 1 amide bonds. The first-order chi connectivity index (χ1) is 15.6. The number of ether oxygens (including phenoxy) is 1. The van der Waals surface area contributed by atoms with Gasteiger partial charge in [-0.05, 0) is 45.1 Å². The van der Waals surface area contributed by atoms with Gasteiger partial charge in [0.05, 0.1) is 5.71 Å². The van der Waals surface area contributed by atoms with Crippen LogP contribution in [0.2, 0.25) is 0 Å². The Labute approximate surface area is 192 Å². The van der Waals surface area contributed by atoms with Gasteiger partial charge in [-0.2, -0.15) is 4.98 Å². The first-order valence-corrected chi connectivity index (χ1v) is 11.3. The number of fused-ring (bicyclic) bond motifs is 1. The molecule has 1 aliphatic heterocycles. The molecule has 1 aliphatic rings. The number of hydrogen-bond donors (Lipinski definition) is 1. The molecule has 0 spiro atoms. The van der Waals surface area contributed by atoms with Crippen molar-refractivity contribution in [1.82, 2.24) is 14.9 Å². The van der Waals surface area contributed by atoms with Crippen molar-refractivity contribution in [3.05, 3.63) is 32.4 Å². The molecule has 0 bridgehead atoms. The van der Waals surface area contributed by atoms with Crippen LogP contribution in [0, 0.1) is 5.92 Å². The fourth-order valence-corrected chi connectivity index (χ4v) is 3.45. The lowest BCUT2D eigenvalue weighted by molar-refractivity contribution is 0.0248. The van der Waals surface area contributed by atoms with Gasteiger partial charge in [0.2, 0.25) is 5.71 Å². The summed E-state index contributed by atoms with van der Waals surface area (Å²) in [6.07, 6.45) is 3.10. The van der Waals surface area contributed by atoms with Crippen molar-refractivity contribution in [3.63, 3.8) is 0 Å². The first-order valence-electron chi connectivity index (χ1n) is 11.3. The van der Waals surface area contributed by atoms with E-state index in [9.17, 15) is 14.4 Å². The molecule has 1 N–H and O–H groups in total. The Morgan fingerprint density at radius 2 is 2.00 bits per heavy atom. The van der Waals surface area contributed by atoms with Crippen LogP contribution in [0.1, 0.15) is 65.9 Å². The van der Waals surface area contributed by atoms with Crippen LogP contribution in [0.3, 0.4) is 0 Å². The van der Waals surface area contributed by atoms with E-state index in [-0.39, 0.29) is 23.2 Å². The van der Waals surface area contributed by atoms with Crippen LogP contribution in [0.5, 0.6) is 6.01 Å². The highest BCUT2D eigenvalue weighted by molar-refractivity contribution is 5.86. The van der Waals surface area contributed by atoms with Crippen LogP contribution in [-0.2, 0) is 11.2 Å². The minimum Gasteiger partial charge on any atom is -0.444 e. The van der Waals surface area contributed by atoms with Crippen LogP contribution in [0.4, 0.5) is 4.79 Å². The lowest BCUT2D eigenvalue weighted by Crippen LogP contribution is -2.42. The number of nitrogens with zero attached hydrogens (tertiary/aromatic N) is 3. The molecule has 3 heterocycles. The number of carbonyl (C=O) groups excluding carboxylic acids is 1. The van der Waals surface area contributed by atoms with Crippen LogP contribution in [-0.4, -0.2) is 45.4 Å². The monoisotopic (exact) mass is 460 g/mol. The second kappa shape index (κ2) is 10.2. The van der Waals surface area contributed by atoms with Crippen molar-refractivity contribution in [1.29, 1.82) is 0 Å². The number of nitrogens with one attached hydrogen (secondary N) is 1. The summed E-state index contributed by atoms with van der Waals surface area (Å²) in [6.45, 7) is 10.6. The van der Waals surface area contributed by atoms with Crippen LogP contribution in [0.25, 0.3) is 11.1 Å². The number of likely N-dealkylation sites (tertiary alicyclic amines) is 1. The molecule has 180 valence electrons. The van der Waals surface area contributed by atoms with Gasteiger partial charge < -0.3 is 18.9 Å². The van der Waals surface area contributed by atoms with Gasteiger partial charge in [0.15, 0.2) is 0 Å². The number of aromatic amines is 1. The molecule has 3 rings (SSSR count). The van der Waals surface area contributed by atoms with E-state index in [1.807, 2.05) is 20.8 Å². The molecule has 0 aliphatic carbocycles. The standard InChI is InChI=1S/C23H32N4O6/c1-6-14(2)7-8-15-13-17(28)31-20-18(15)19(29)24-21(25-20)33-26-16-9-11-27(12-10-16)22(30)32-23(3,4)5/h13-14H,6-12H2,1-5H3,(H,24,25,29). The number of H-pyrrole nitrogens is 1. The molecule has 2 aromatic rings. The average molecular weight is 461 g/mol. The second-order valence-electron chi connectivity index (χ2n) is 9.41. The molecule has 10 nitrogen and oxygen atoms in total. The van der Waals surface area contributed by atoms with Crippen molar-refractivity contribution >= 4 is 22.9 Å². The van der Waals surface area contributed by atoms with Crippen molar-refractivity contribution in [2.24, 2.45) is 11.1 Å². The topological polar surface area (TPSA) is 127 Å². The summed E-state index contributed by atoms with van der Waals surface area (Å²) in [6, 6.07) is 1.19. The number of aryl methyl sites for hydroxylation is 1. The maximum atomic E-state index is 12.7. The molecule has 33 heavy (non-hydrogen) atoms. The van der Waals surface area contributed by atoms with E-state index in [0.29, 0.717) is 43.8 Å². The number of piperidine rings is 1. The number of amides is 1. The van der Waals surface area contributed by atoms with Gasteiger partial charge in [-0.1, -0.05) is 25.4 Å². The highest BCUT2D eigenvalue weighted by Gasteiger charge is 2.25. The minimum atomic E-state index is -0.563. The van der Waals surface area contributed by atoms with Gasteiger partial charge in [-0.25, -0.2) is 9.59 Å². The molecule has 0 aromatic carbocycles. The van der Waals surface area contributed by atoms with E-state index >= 15 is 0 Å². The molecular formula is C23H32N4O6. The van der Waals surface area contributed by atoms with Gasteiger partial charge in [0.1, 0.15) is 11.0 Å². The van der Waals surface area contributed by atoms with E-state index in [2.05, 4.69) is 29.0 Å². The van der Waals surface area contributed by atoms with Crippen molar-refractivity contribution in [3.8, 4) is 6.01 Å². The lowest BCUT2D eigenvalue weighted by atomic mass is 9.98. The Bertz CT molecular complexity index is 1130. The molecule has 1 unspecified atom stereocenters. The lowest BCUT2D eigenvalue weighted by Gasteiger charge is -2.30. The largest absolute Gasteiger partial charge is 0.444 e. The normalized spacial score (nSPS) is 15.4. The molecule has 1 saturated heterocycles. The zero-order valence-electron chi connectivity index (χ0n) is 19.9. The SMILES string of the molecule is CCC(C)CCc1cc(=O)oc2nc(ON=C3CCN(C(=O)OC(C)(C)C)CC3)[nH]c(=O)c12. The molecule has 0 saturated carbocycles. The highest BCUT2D eigenvalue weighted by Crippen LogP contribution is 2.18. The maximum Gasteiger partial charge on any atom is 0.410 e. The van der Waals surface area contributed by atoms with Gasteiger partial charge in [-0.15, -0.1) is 0 Å². The zero-order valence-corrected chi connectivity index (χ0v) is 19.9. The quantitative estimate of drug-likeness (QED) is 0.652. The highest BCUT2D eigenvalue weighted by atomic mass is 16.6. The van der Waals surface area contributed by atoms with Gasteiger partial charge >= 0.3 is 17.7 Å². The summed E-state index contributed by atoms with van der Waals surface area (Å²) < 4.78 is 10.5. The Balaban J connectivity index is 1.70. The van der Waals surface area contributed by atoms with Crippen LogP contribution >= 0.6 is 0 Å². The number of rotatable bonds is 6. The number of hydrogen-bond acceptors (Lipinski definition) is 8. The molecule has 2 aromatic heterocycles. The Morgan fingerprint density at radius 1 is 1.30 bits per heavy atom. The predicted molar refractivity (Wildman–Crippen MR) is 124 cm³/mol. The fraction of sp³-hybridized carbons (Fsp3) is 0.609. The van der Waals surface area contributed by atoms with E-state index < -0.39 is 16.8 Å². The van der Waals surface area contributed by atoms with Gasteiger partial charge in [0, 0.05) is 32.0 Å². The van der Waals surface area contributed by atoms with Gasteiger partial charge in [-0.3, -0.25) is 9.78 Å². The predicted octanol–water partition coefficient (Wildman–Crippen LogP) is 3.62. The van der Waals surface area contributed by atoms with E-state index in [1.54, 1.807) is 4.90 Å². The zero-order chi connectivity index (χ0) is 24.2. The average Bonchev–Trinajstić information content (AvgIpc) is 2.74. The Hall–Kier alpha value is -3.17. The second-order valence-corrected chi connectivity index (χ2v) is 9.41. The number of carbonyl (C=O) groups is 1. The van der Waals surface area contributed by atoms with Crippen LogP contribution < -0.4 is 16.0 Å². The summed E-state index contributed by atoms with van der Waals surface area (Å²) in [5, 5.41) is 4.32. The van der Waals surface area contributed by atoms with Gasteiger partial charge in [0.25, 0.3) is 5.56 Å². The summed E-state index contributed by atoms with van der Waals surface area (Å²) >= 11 is 0. The molecule has 10 heteroatoms. The molecule has 0 radical (unpaired) electrons. The maximum absolute atomic E-state index is 12.7. The summed E-state index contributed by atoms with van der Waals surface area (Å²) in [4.78, 5) is 50.5. The van der Waals surface area contributed by atoms with Crippen molar-refractivity contribution < 1.29 is 18.8 Å². The summed E-state index contributed by atoms with van der Waals surface area (Å²) in [5.74, 6) is 0.472. The molecular weight excluding hydrogens is 428 g/mol. The summed E-state index contributed by atoms with van der Waals surface area (Å²) in [5.41, 5.74) is -0.292. The Kier molecular flexibility index (Phi) is 7.55. The third kappa shape index (κ3) is 6.66. The fourth-order valence-electron chi connectivity index (χ4n) is 3.45. The summed E-state index contributed by atoms with van der Waals surface area (Å²) in [7, 11) is 0. The Morgan fingerprint density at radius 3 is 2.64 bits per heavy atom. The van der Waals surface area contributed by atoms with Crippen LogP contribution in [0.15, 0.2) is 25.2 Å². The van der Waals surface area contributed by atoms with E-state index in [0.717, 1.165) is 18.6 Å². The van der Waals surface area contributed by atoms with Crippen molar-refractivity contribution in [2.75, 3.05) is 13.1 Å². The van der Waals surface area contributed by atoms with E-state index in [1.165, 1.54) is 6.07 Å². The third-order valence-corrected chi connectivity index (χ3v) is 5.53. The molecule has 1 fully saturated rings. The number of oxime groups is 1. The van der Waals surface area contributed by atoms with Crippen molar-refractivity contribution in [2.45, 2.75) is 72.3 Å². The third-order valence-electron chi connectivity index (χ3n) is 5.53. The molecule has 1 atom stereocenters. The minimum absolute atomic E-state index is 0.0691. The first kappa shape index (κ1) is 24.5. The smallest absolute Gasteiger partial charge is 0.410 e. The van der Waals surface area contributed by atoms with E-state index in [4.69, 9.17) is 14.0 Å². The number of aromatic nitrogens is 2.